The summed E-state index contributed by atoms with van der Waals surface area (Å²) >= 11 is 0. The molecule has 2 aromatic carbocycles. The van der Waals surface area contributed by atoms with Crippen molar-refractivity contribution in [1.29, 1.82) is 0 Å². The zero-order valence-corrected chi connectivity index (χ0v) is 72.0. The summed E-state index contributed by atoms with van der Waals surface area (Å²) in [6, 6.07) is 7.48. The van der Waals surface area contributed by atoms with E-state index in [1.54, 1.807) is 0 Å². The molecule has 0 unspecified atom stereocenters. The van der Waals surface area contributed by atoms with E-state index in [4.69, 9.17) is 9.47 Å². The fourth-order valence-corrected chi connectivity index (χ4v) is 15.7. The second kappa shape index (κ2) is 60.7. The van der Waals surface area contributed by atoms with E-state index in [0.717, 1.165) is 46.6 Å². The van der Waals surface area contributed by atoms with Crippen LogP contribution >= 0.6 is 15.2 Å². The summed E-state index contributed by atoms with van der Waals surface area (Å²) in [5.74, 6) is 1.73. The van der Waals surface area contributed by atoms with Crippen molar-refractivity contribution in [3.05, 3.63) is 57.6 Å². The number of hydrogen-bond donors (Lipinski definition) is 0. The van der Waals surface area contributed by atoms with Crippen LogP contribution in [0.15, 0.2) is 24.3 Å². The van der Waals surface area contributed by atoms with E-state index < -0.39 is 27.5 Å². The summed E-state index contributed by atoms with van der Waals surface area (Å²) in [7, 11) is -9.30. The first kappa shape index (κ1) is 99.8. The van der Waals surface area contributed by atoms with E-state index in [2.05, 4.69) is 96.9 Å². The molecule has 0 aliphatic rings. The fourth-order valence-electron chi connectivity index (χ4n) is 14.4. The van der Waals surface area contributed by atoms with Gasteiger partial charge in [0.25, 0.3) is 0 Å². The molecule has 0 aliphatic heterocycles. The van der Waals surface area contributed by atoms with Crippen molar-refractivity contribution in [2.45, 2.75) is 490 Å². The molecule has 101 heavy (non-hydrogen) atoms. The summed E-state index contributed by atoms with van der Waals surface area (Å²) in [4.78, 5) is 46.2. The molecule has 8 nitrogen and oxygen atoms in total. The second-order valence-electron chi connectivity index (χ2n) is 35.4. The first-order valence-electron chi connectivity index (χ1n) is 43.1. The Morgan fingerprint density at radius 3 is 0.495 bits per heavy atom. The van der Waals surface area contributed by atoms with Gasteiger partial charge in [-0.2, -0.15) is 0 Å². The Morgan fingerprint density at radius 1 is 0.248 bits per heavy atom. The molecule has 2 rings (SSSR count). The molecular formula is C90H166NiO8P2-. The molecule has 0 aromatic heterocycles. The third-order valence-electron chi connectivity index (χ3n) is 20.8. The minimum atomic E-state index is -4.65. The van der Waals surface area contributed by atoms with Gasteiger partial charge in [0.15, 0.2) is 0 Å². The summed E-state index contributed by atoms with van der Waals surface area (Å²) in [5, 5.41) is 0. The number of hydrogen-bond acceptors (Lipinski definition) is 8. The second-order valence-corrected chi connectivity index (χ2v) is 38.4. The smallest absolute Gasteiger partial charge is 0.810 e. The Bertz CT molecular complexity index is 2100. The van der Waals surface area contributed by atoms with Gasteiger partial charge in [-0.1, -0.05) is 483 Å². The molecule has 0 aliphatic carbocycles. The van der Waals surface area contributed by atoms with E-state index in [1.807, 2.05) is 24.3 Å². The maximum absolute atomic E-state index is 11.6. The van der Waals surface area contributed by atoms with Crippen molar-refractivity contribution in [2.24, 2.45) is 0 Å². The molecular weight excluding hydrogens is 1330 g/mol. The first-order valence-corrected chi connectivity index (χ1v) is 46.6. The van der Waals surface area contributed by atoms with Crippen LogP contribution in [0.5, 0.6) is 11.5 Å². The van der Waals surface area contributed by atoms with Gasteiger partial charge in [0.05, 0.1) is 13.2 Å². The topological polar surface area (TPSA) is 145 Å². The summed E-state index contributed by atoms with van der Waals surface area (Å²) in [6.45, 7) is 31.3. The fraction of sp³-hybridized carbons (Fsp3) is 0.867. The van der Waals surface area contributed by atoms with Crippen LogP contribution in [0.1, 0.15) is 490 Å². The molecule has 1 radical (unpaired) electrons. The van der Waals surface area contributed by atoms with Gasteiger partial charge in [0, 0.05) is 34.6 Å². The molecule has 0 N–H and O–H groups in total. The van der Waals surface area contributed by atoms with Crippen LogP contribution in [0.3, 0.4) is 0 Å². The van der Waals surface area contributed by atoms with E-state index in [-0.39, 0.29) is 38.2 Å². The van der Waals surface area contributed by atoms with Gasteiger partial charge >= 0.3 is 16.5 Å². The largest absolute Gasteiger partial charge is 3.00 e. The van der Waals surface area contributed by atoms with Crippen LogP contribution in [0.2, 0.25) is 0 Å². The van der Waals surface area contributed by atoms with Gasteiger partial charge in [-0.05, 0) is 45.6 Å². The van der Waals surface area contributed by atoms with Crippen molar-refractivity contribution in [1.82, 2.24) is 0 Å². The van der Waals surface area contributed by atoms with Crippen LogP contribution in [-0.2, 0) is 59.6 Å². The van der Waals surface area contributed by atoms with Gasteiger partial charge in [-0.15, -0.1) is 0 Å². The average molecular weight is 1500 g/mol. The predicted octanol–water partition coefficient (Wildman–Crippen LogP) is 28.0. The molecule has 0 heterocycles. The SMILES string of the molecule is CCCCCCCCCCCCCCCCCCCCCCCCCCCCCCOc1c(C(C)(C)C)cc(CP(=O)([O-])[O-])cc1C(C)(C)C.CCCCCCCCCCCCCCCCCCCCCCCCCCCCCCOc1c(C(C)(C)C)cc(CP(=O)([O-])[O-])cc1C(C)(C)C.[Ni+3]. The molecule has 0 spiro atoms. The third kappa shape index (κ3) is 57.6. The summed E-state index contributed by atoms with van der Waals surface area (Å²) in [5.41, 5.74) is 4.12. The maximum Gasteiger partial charge on any atom is 3.00 e. The van der Waals surface area contributed by atoms with Crippen molar-refractivity contribution < 1.29 is 54.7 Å². The zero-order valence-electron chi connectivity index (χ0n) is 69.2. The molecule has 0 fully saturated rings. The Morgan fingerprint density at radius 2 is 0.376 bits per heavy atom. The van der Waals surface area contributed by atoms with Crippen molar-refractivity contribution in [3.8, 4) is 11.5 Å². The quantitative estimate of drug-likeness (QED) is 0.0362. The monoisotopic (exact) mass is 1500 g/mol. The van der Waals surface area contributed by atoms with Crippen LogP contribution in [0, 0.1) is 0 Å². The molecule has 0 amide bonds. The predicted molar refractivity (Wildman–Crippen MR) is 431 cm³/mol. The van der Waals surface area contributed by atoms with E-state index >= 15 is 0 Å². The Hall–Kier alpha value is -1.17. The van der Waals surface area contributed by atoms with Gasteiger partial charge in [0.2, 0.25) is 0 Å². The van der Waals surface area contributed by atoms with E-state index in [0.29, 0.717) is 24.3 Å². The molecule has 2 aromatic rings. The average Bonchev–Trinajstić information content (AvgIpc) is 0.783. The summed E-state index contributed by atoms with van der Waals surface area (Å²) in [6.07, 6.45) is 77.4. The van der Waals surface area contributed by atoms with Crippen molar-refractivity contribution in [3.63, 3.8) is 0 Å². The van der Waals surface area contributed by atoms with Crippen molar-refractivity contribution in [2.75, 3.05) is 13.2 Å². The summed E-state index contributed by atoms with van der Waals surface area (Å²) < 4.78 is 36.0. The minimum Gasteiger partial charge on any atom is -0.810 e. The molecule has 0 bridgehead atoms. The molecule has 0 atom stereocenters. The molecule has 11 heteroatoms. The Balaban J connectivity index is 0.00000196. The van der Waals surface area contributed by atoms with Gasteiger partial charge in [-0.25, -0.2) is 0 Å². The van der Waals surface area contributed by atoms with Crippen LogP contribution in [0.25, 0.3) is 0 Å². The number of ether oxygens (including phenoxy) is 2. The normalized spacial score (nSPS) is 12.5. The van der Waals surface area contributed by atoms with E-state index in [1.165, 1.54) is 347 Å². The van der Waals surface area contributed by atoms with Crippen LogP contribution < -0.4 is 29.0 Å². The van der Waals surface area contributed by atoms with E-state index in [9.17, 15) is 28.7 Å². The Labute approximate surface area is 638 Å². The molecule has 0 saturated carbocycles. The minimum absolute atomic E-state index is 0. The number of benzene rings is 2. The zero-order chi connectivity index (χ0) is 74.3. The standard InChI is InChI=1S/2C45H85O4P.Ni/c2*1-8-9-10-11-12-13-14-15-16-17-18-19-20-21-22-23-24-25-26-27-28-29-30-31-32-33-34-35-36-49-43-41(44(2,3)4)37-40(39-50(46,47)48)38-42(43)45(5,6)7;/h2*37-38H,8-36,39H2,1-7H3,(H2,46,47,48);/q;;+3/p-4. The van der Waals surface area contributed by atoms with Gasteiger partial charge < -0.3 is 38.2 Å². The third-order valence-corrected chi connectivity index (χ3v) is 22.3. The van der Waals surface area contributed by atoms with Crippen LogP contribution in [-0.4, -0.2) is 13.2 Å². The number of rotatable bonds is 64. The van der Waals surface area contributed by atoms with Crippen LogP contribution in [0.4, 0.5) is 0 Å². The van der Waals surface area contributed by atoms with Crippen molar-refractivity contribution >= 4 is 15.2 Å². The van der Waals surface area contributed by atoms with Gasteiger partial charge in [-0.3, -0.25) is 0 Å². The first-order chi connectivity index (χ1) is 47.5. The molecule has 595 valence electrons. The number of unbranched alkanes of at least 4 members (excludes halogenated alkanes) is 54. The Kier molecular flexibility index (Phi) is 60.0. The maximum atomic E-state index is 11.6. The van der Waals surface area contributed by atoms with Gasteiger partial charge in [0.1, 0.15) is 11.5 Å². The molecule has 0 saturated heterocycles.